The number of aromatic hydroxyl groups is 1. The zero-order valence-corrected chi connectivity index (χ0v) is 13.7. The number of likely N-dealkylation sites (tertiary alicyclic amines) is 1. The van der Waals surface area contributed by atoms with Gasteiger partial charge in [-0.05, 0) is 57.8 Å². The van der Waals surface area contributed by atoms with Gasteiger partial charge in [0.15, 0.2) is 0 Å². The Labute approximate surface area is 134 Å². The van der Waals surface area contributed by atoms with Gasteiger partial charge in [0.05, 0.1) is 6.04 Å². The standard InChI is InChI=1S/C19H28N2O/c1-15-9-10-19(22)16(13-15)14-20-17-7-3-4-8-18(17)21-11-5-2-6-12-21/h9-10,13-14,17-18,22H,2-8,11-12H2,1H3/t17-,18-/m1/s1. The summed E-state index contributed by atoms with van der Waals surface area (Å²) in [5, 5.41) is 9.98. The molecule has 1 aliphatic heterocycles. The van der Waals surface area contributed by atoms with Crippen molar-refractivity contribution >= 4 is 6.21 Å². The summed E-state index contributed by atoms with van der Waals surface area (Å²) in [5.74, 6) is 0.333. The molecule has 2 atom stereocenters. The van der Waals surface area contributed by atoms with E-state index in [1.54, 1.807) is 6.07 Å². The van der Waals surface area contributed by atoms with E-state index in [1.807, 2.05) is 25.3 Å². The molecule has 1 aromatic carbocycles. The second kappa shape index (κ2) is 7.28. The van der Waals surface area contributed by atoms with Crippen molar-refractivity contribution in [3.8, 4) is 5.75 Å². The smallest absolute Gasteiger partial charge is 0.124 e. The van der Waals surface area contributed by atoms with Gasteiger partial charge in [0.25, 0.3) is 0 Å². The Hall–Kier alpha value is -1.35. The molecule has 3 heteroatoms. The summed E-state index contributed by atoms with van der Waals surface area (Å²) in [6.45, 7) is 4.53. The van der Waals surface area contributed by atoms with Crippen LogP contribution < -0.4 is 0 Å². The number of aliphatic imine (C=N–C) groups is 1. The van der Waals surface area contributed by atoms with Crippen LogP contribution in [-0.2, 0) is 0 Å². The highest BCUT2D eigenvalue weighted by atomic mass is 16.3. The molecule has 0 radical (unpaired) electrons. The number of phenols is 1. The summed E-state index contributed by atoms with van der Waals surface area (Å²) >= 11 is 0. The zero-order chi connectivity index (χ0) is 15.4. The van der Waals surface area contributed by atoms with Crippen molar-refractivity contribution in [2.45, 2.75) is 64.0 Å². The summed E-state index contributed by atoms with van der Waals surface area (Å²) in [7, 11) is 0. The molecule has 1 aliphatic carbocycles. The number of hydrogen-bond acceptors (Lipinski definition) is 3. The van der Waals surface area contributed by atoms with Crippen LogP contribution in [0.3, 0.4) is 0 Å². The van der Waals surface area contributed by atoms with Crippen LogP contribution in [0.25, 0.3) is 0 Å². The second-order valence-electron chi connectivity index (χ2n) is 6.86. The van der Waals surface area contributed by atoms with Gasteiger partial charge in [0.2, 0.25) is 0 Å². The van der Waals surface area contributed by atoms with Crippen molar-refractivity contribution < 1.29 is 5.11 Å². The van der Waals surface area contributed by atoms with Gasteiger partial charge in [-0.2, -0.15) is 0 Å². The molecule has 0 aromatic heterocycles. The molecule has 0 amide bonds. The molecule has 0 bridgehead atoms. The van der Waals surface area contributed by atoms with Gasteiger partial charge in [-0.15, -0.1) is 0 Å². The molecule has 120 valence electrons. The average molecular weight is 300 g/mol. The van der Waals surface area contributed by atoms with Crippen molar-refractivity contribution in [3.63, 3.8) is 0 Å². The number of phenolic OH excluding ortho intramolecular Hbond substituents is 1. The molecular formula is C19H28N2O. The fraction of sp³-hybridized carbons (Fsp3) is 0.632. The van der Waals surface area contributed by atoms with Crippen molar-refractivity contribution in [1.82, 2.24) is 4.90 Å². The molecule has 1 N–H and O–H groups in total. The Morgan fingerprint density at radius 2 is 1.86 bits per heavy atom. The van der Waals surface area contributed by atoms with Crippen molar-refractivity contribution in [2.75, 3.05) is 13.1 Å². The molecule has 0 unspecified atom stereocenters. The van der Waals surface area contributed by atoms with Gasteiger partial charge in [0, 0.05) is 17.8 Å². The Bertz CT molecular complexity index is 520. The summed E-state index contributed by atoms with van der Waals surface area (Å²) in [6.07, 6.45) is 11.0. The molecule has 1 saturated carbocycles. The van der Waals surface area contributed by atoms with Crippen LogP contribution in [0.4, 0.5) is 0 Å². The minimum Gasteiger partial charge on any atom is -0.507 e. The lowest BCUT2D eigenvalue weighted by Gasteiger charge is -2.40. The molecular weight excluding hydrogens is 272 g/mol. The minimum atomic E-state index is 0.333. The van der Waals surface area contributed by atoms with Gasteiger partial charge in [0.1, 0.15) is 5.75 Å². The lowest BCUT2D eigenvalue weighted by Crippen LogP contribution is -2.47. The van der Waals surface area contributed by atoms with Gasteiger partial charge < -0.3 is 5.11 Å². The molecule has 1 heterocycles. The monoisotopic (exact) mass is 300 g/mol. The third-order valence-corrected chi connectivity index (χ3v) is 5.14. The highest BCUT2D eigenvalue weighted by Gasteiger charge is 2.30. The van der Waals surface area contributed by atoms with Gasteiger partial charge in [-0.25, -0.2) is 0 Å². The third kappa shape index (κ3) is 3.70. The molecule has 0 spiro atoms. The summed E-state index contributed by atoms with van der Waals surface area (Å²) in [6, 6.07) is 6.71. The SMILES string of the molecule is Cc1ccc(O)c(C=N[C@@H]2CCCC[C@H]2N2CCCCC2)c1. The lowest BCUT2D eigenvalue weighted by atomic mass is 9.88. The minimum absolute atomic E-state index is 0.333. The van der Waals surface area contributed by atoms with Crippen molar-refractivity contribution in [2.24, 2.45) is 4.99 Å². The van der Waals surface area contributed by atoms with E-state index >= 15 is 0 Å². The van der Waals surface area contributed by atoms with Crippen molar-refractivity contribution in [1.29, 1.82) is 0 Å². The van der Waals surface area contributed by atoms with E-state index in [1.165, 1.54) is 58.0 Å². The van der Waals surface area contributed by atoms with E-state index in [0.29, 0.717) is 17.8 Å². The van der Waals surface area contributed by atoms with Crippen LogP contribution in [0.5, 0.6) is 5.75 Å². The van der Waals surface area contributed by atoms with Gasteiger partial charge >= 0.3 is 0 Å². The maximum Gasteiger partial charge on any atom is 0.124 e. The molecule has 22 heavy (non-hydrogen) atoms. The topological polar surface area (TPSA) is 35.8 Å². The summed E-state index contributed by atoms with van der Waals surface area (Å²) < 4.78 is 0. The number of rotatable bonds is 3. The molecule has 1 saturated heterocycles. The highest BCUT2D eigenvalue weighted by molar-refractivity contribution is 5.83. The molecule has 2 aliphatic rings. The zero-order valence-electron chi connectivity index (χ0n) is 13.7. The average Bonchev–Trinajstić information content (AvgIpc) is 2.57. The maximum absolute atomic E-state index is 9.98. The fourth-order valence-electron chi connectivity index (χ4n) is 3.89. The first-order chi connectivity index (χ1) is 10.7. The number of benzene rings is 1. The van der Waals surface area contributed by atoms with E-state index in [-0.39, 0.29) is 0 Å². The van der Waals surface area contributed by atoms with Crippen LogP contribution in [0.1, 0.15) is 56.1 Å². The van der Waals surface area contributed by atoms with E-state index in [0.717, 1.165) is 11.1 Å². The lowest BCUT2D eigenvalue weighted by molar-refractivity contribution is 0.116. The number of nitrogens with zero attached hydrogens (tertiary/aromatic N) is 2. The first-order valence-electron chi connectivity index (χ1n) is 8.81. The fourth-order valence-corrected chi connectivity index (χ4v) is 3.89. The Morgan fingerprint density at radius 3 is 2.68 bits per heavy atom. The second-order valence-corrected chi connectivity index (χ2v) is 6.86. The molecule has 1 aromatic rings. The molecule has 2 fully saturated rings. The predicted molar refractivity (Wildman–Crippen MR) is 91.9 cm³/mol. The van der Waals surface area contributed by atoms with Gasteiger partial charge in [-0.1, -0.05) is 30.9 Å². The quantitative estimate of drug-likeness (QED) is 0.859. The number of aryl methyl sites for hydroxylation is 1. The molecule has 3 rings (SSSR count). The molecule has 3 nitrogen and oxygen atoms in total. The predicted octanol–water partition coefficient (Wildman–Crippen LogP) is 3.92. The van der Waals surface area contributed by atoms with Gasteiger partial charge in [-0.3, -0.25) is 9.89 Å². The summed E-state index contributed by atoms with van der Waals surface area (Å²) in [4.78, 5) is 7.55. The first kappa shape index (κ1) is 15.5. The van der Waals surface area contributed by atoms with E-state index in [4.69, 9.17) is 4.99 Å². The van der Waals surface area contributed by atoms with Crippen LogP contribution in [0.2, 0.25) is 0 Å². The van der Waals surface area contributed by atoms with Crippen LogP contribution in [0, 0.1) is 6.92 Å². The maximum atomic E-state index is 9.98. The Balaban J connectivity index is 1.73. The van der Waals surface area contributed by atoms with E-state index in [2.05, 4.69) is 4.90 Å². The Morgan fingerprint density at radius 1 is 1.09 bits per heavy atom. The van der Waals surface area contributed by atoms with Crippen LogP contribution >= 0.6 is 0 Å². The number of hydrogen-bond donors (Lipinski definition) is 1. The Kier molecular flexibility index (Phi) is 5.14. The first-order valence-corrected chi connectivity index (χ1v) is 8.81. The van der Waals surface area contributed by atoms with Crippen molar-refractivity contribution in [3.05, 3.63) is 29.3 Å². The van der Waals surface area contributed by atoms with Crippen LogP contribution in [-0.4, -0.2) is 41.4 Å². The summed E-state index contributed by atoms with van der Waals surface area (Å²) in [5.41, 5.74) is 2.01. The third-order valence-electron chi connectivity index (χ3n) is 5.14. The normalized spacial score (nSPS) is 27.3. The largest absolute Gasteiger partial charge is 0.507 e. The highest BCUT2D eigenvalue weighted by Crippen LogP contribution is 2.28. The van der Waals surface area contributed by atoms with E-state index in [9.17, 15) is 5.11 Å². The van der Waals surface area contributed by atoms with E-state index < -0.39 is 0 Å². The van der Waals surface area contributed by atoms with Crippen LogP contribution in [0.15, 0.2) is 23.2 Å². The number of piperidine rings is 1.